The zero-order valence-corrected chi connectivity index (χ0v) is 25.1. The summed E-state index contributed by atoms with van der Waals surface area (Å²) in [5.41, 5.74) is 1.95. The molecular formula is C31H41N5O5. The van der Waals surface area contributed by atoms with Crippen LogP contribution in [0.3, 0.4) is 0 Å². The van der Waals surface area contributed by atoms with E-state index in [0.29, 0.717) is 60.1 Å². The lowest BCUT2D eigenvalue weighted by Crippen LogP contribution is -2.56. The molecular weight excluding hydrogens is 522 g/mol. The lowest BCUT2D eigenvalue weighted by molar-refractivity contribution is -0.144. The first-order chi connectivity index (χ1) is 19.7. The van der Waals surface area contributed by atoms with Gasteiger partial charge in [0, 0.05) is 26.2 Å². The molecule has 1 aliphatic heterocycles. The highest BCUT2D eigenvalue weighted by Crippen LogP contribution is 2.35. The second kappa shape index (κ2) is 13.0. The van der Waals surface area contributed by atoms with E-state index in [1.807, 2.05) is 98.1 Å². The van der Waals surface area contributed by atoms with E-state index < -0.39 is 0 Å². The predicted molar refractivity (Wildman–Crippen MR) is 161 cm³/mol. The molecule has 10 nitrogen and oxygen atoms in total. The first-order valence-electron chi connectivity index (χ1n) is 14.1. The van der Waals surface area contributed by atoms with E-state index in [2.05, 4.69) is 0 Å². The minimum Gasteiger partial charge on any atom is -0.497 e. The van der Waals surface area contributed by atoms with Crippen LogP contribution in [0.15, 0.2) is 59.0 Å². The summed E-state index contributed by atoms with van der Waals surface area (Å²) < 4.78 is 18.2. The second-order valence-corrected chi connectivity index (χ2v) is 10.3. The summed E-state index contributed by atoms with van der Waals surface area (Å²) in [5, 5.41) is 2.59. The largest absolute Gasteiger partial charge is 0.497 e. The molecule has 1 unspecified atom stereocenters. The summed E-state index contributed by atoms with van der Waals surface area (Å²) in [7, 11) is 5.20. The van der Waals surface area contributed by atoms with Crippen LogP contribution < -0.4 is 24.9 Å². The van der Waals surface area contributed by atoms with Crippen LogP contribution in [0.2, 0.25) is 0 Å². The Morgan fingerprint density at radius 2 is 1.76 bits per heavy atom. The molecule has 1 saturated heterocycles. The summed E-state index contributed by atoms with van der Waals surface area (Å²) in [6, 6.07) is 12.8. The maximum Gasteiger partial charge on any atom is 0.354 e. The number of aromatic nitrogens is 2. The molecule has 0 saturated carbocycles. The smallest absolute Gasteiger partial charge is 0.354 e. The number of hydrogen-bond acceptors (Lipinski definition) is 9. The van der Waals surface area contributed by atoms with Crippen LogP contribution in [0.4, 0.5) is 5.69 Å². The van der Waals surface area contributed by atoms with Crippen molar-refractivity contribution in [3.63, 3.8) is 0 Å². The molecule has 220 valence electrons. The number of rotatable bonds is 10. The first-order valence-corrected chi connectivity index (χ1v) is 14.1. The number of nitrogens with zero attached hydrogens (tertiary/aromatic N) is 5. The number of hydrogen-bond donors (Lipinski definition) is 0. The van der Waals surface area contributed by atoms with Crippen molar-refractivity contribution in [2.75, 3.05) is 57.4 Å². The van der Waals surface area contributed by atoms with Crippen molar-refractivity contribution in [1.82, 2.24) is 14.6 Å². The Balaban J connectivity index is 1.70. The molecule has 0 spiro atoms. The third-order valence-corrected chi connectivity index (χ3v) is 7.33. The van der Waals surface area contributed by atoms with Crippen LogP contribution in [-0.4, -0.2) is 74.1 Å². The average Bonchev–Trinajstić information content (AvgIpc) is 2.98. The highest BCUT2D eigenvalue weighted by molar-refractivity contribution is 5.88. The highest BCUT2D eigenvalue weighted by atomic mass is 16.5. The number of benzene rings is 2. The highest BCUT2D eigenvalue weighted by Gasteiger charge is 2.29. The standard InChI is InChI=1S/C31H41N5O5/c1-8-11-27(31(38)41-21(2)3)34-16-18-35(19-17-34)36-29(32-25-13-10-9-12-24(25)30(36)37)22(4)33(5)26-15-14-23(39-6)20-28(26)40-7/h9-15,20-22H,8,16-19H2,1-7H3/b27-11-. The van der Waals surface area contributed by atoms with Crippen molar-refractivity contribution in [3.8, 4) is 11.5 Å². The fourth-order valence-corrected chi connectivity index (χ4v) is 5.09. The Morgan fingerprint density at radius 1 is 1.05 bits per heavy atom. The molecule has 0 bridgehead atoms. The lowest BCUT2D eigenvalue weighted by atomic mass is 10.2. The van der Waals surface area contributed by atoms with E-state index in [1.165, 1.54) is 0 Å². The second-order valence-electron chi connectivity index (χ2n) is 10.3. The van der Waals surface area contributed by atoms with Gasteiger partial charge in [-0.05, 0) is 51.5 Å². The SMILES string of the molecule is CC/C=C(/C(=O)OC(C)C)N1CCN(n2c(C(C)N(C)c3ccc(OC)cc3OC)nc3ccccc3c2=O)CC1. The number of fused-ring (bicyclic) bond motifs is 1. The van der Waals surface area contributed by atoms with Crippen LogP contribution in [0.1, 0.15) is 46.0 Å². The van der Waals surface area contributed by atoms with Gasteiger partial charge < -0.3 is 29.0 Å². The summed E-state index contributed by atoms with van der Waals surface area (Å²) >= 11 is 0. The summed E-state index contributed by atoms with van der Waals surface area (Å²) in [6.45, 7) is 9.91. The molecule has 0 aliphatic carbocycles. The maximum absolute atomic E-state index is 14.0. The van der Waals surface area contributed by atoms with Crippen molar-refractivity contribution in [2.24, 2.45) is 0 Å². The van der Waals surface area contributed by atoms with Gasteiger partial charge in [-0.2, -0.15) is 0 Å². The van der Waals surface area contributed by atoms with Crippen LogP contribution in [0.5, 0.6) is 11.5 Å². The van der Waals surface area contributed by atoms with Gasteiger partial charge in [-0.3, -0.25) is 4.79 Å². The van der Waals surface area contributed by atoms with E-state index in [1.54, 1.807) is 18.9 Å². The van der Waals surface area contributed by atoms with Gasteiger partial charge in [0.25, 0.3) is 5.56 Å². The number of ether oxygens (including phenoxy) is 3. The van der Waals surface area contributed by atoms with Gasteiger partial charge in [-0.25, -0.2) is 14.5 Å². The molecule has 0 N–H and O–H groups in total. The van der Waals surface area contributed by atoms with Crippen molar-refractivity contribution < 1.29 is 19.0 Å². The van der Waals surface area contributed by atoms with E-state index >= 15 is 0 Å². The molecule has 0 radical (unpaired) electrons. The minimum absolute atomic E-state index is 0.121. The van der Waals surface area contributed by atoms with Crippen LogP contribution in [0, 0.1) is 0 Å². The van der Waals surface area contributed by atoms with Gasteiger partial charge in [-0.1, -0.05) is 25.1 Å². The fraction of sp³-hybridized carbons (Fsp3) is 0.452. The number of piperazine rings is 1. The third-order valence-electron chi connectivity index (χ3n) is 7.33. The number of allylic oxidation sites excluding steroid dienone is 1. The monoisotopic (exact) mass is 563 g/mol. The van der Waals surface area contributed by atoms with Crippen molar-refractivity contribution in [2.45, 2.75) is 46.3 Å². The molecule has 1 atom stereocenters. The molecule has 1 fully saturated rings. The van der Waals surface area contributed by atoms with E-state index in [9.17, 15) is 9.59 Å². The van der Waals surface area contributed by atoms with Crippen molar-refractivity contribution >= 4 is 22.6 Å². The lowest BCUT2D eigenvalue weighted by Gasteiger charge is -2.40. The predicted octanol–water partition coefficient (Wildman–Crippen LogP) is 4.11. The number of para-hydroxylation sites is 1. The molecule has 1 aliphatic rings. The van der Waals surface area contributed by atoms with E-state index in [4.69, 9.17) is 19.2 Å². The molecule has 2 heterocycles. The molecule has 41 heavy (non-hydrogen) atoms. The molecule has 1 aromatic heterocycles. The Bertz CT molecular complexity index is 1460. The quantitative estimate of drug-likeness (QED) is 0.267. The third kappa shape index (κ3) is 6.26. The topological polar surface area (TPSA) is 89.4 Å². The van der Waals surface area contributed by atoms with Gasteiger partial charge in [0.05, 0.1) is 56.0 Å². The normalized spacial score (nSPS) is 14.8. The van der Waals surface area contributed by atoms with Gasteiger partial charge >= 0.3 is 5.97 Å². The van der Waals surface area contributed by atoms with Gasteiger partial charge in [0.15, 0.2) is 5.82 Å². The minimum atomic E-state index is -0.316. The molecule has 4 rings (SSSR count). The van der Waals surface area contributed by atoms with Crippen LogP contribution in [0.25, 0.3) is 10.9 Å². The zero-order chi connectivity index (χ0) is 29.7. The molecule has 2 aromatic carbocycles. The van der Waals surface area contributed by atoms with Gasteiger partial charge in [-0.15, -0.1) is 0 Å². The summed E-state index contributed by atoms with van der Waals surface area (Å²) in [6.07, 6.45) is 2.44. The number of methoxy groups -OCH3 is 2. The molecule has 3 aromatic rings. The number of carbonyl (C=O) groups excluding carboxylic acids is 1. The van der Waals surface area contributed by atoms with E-state index in [0.717, 1.165) is 12.1 Å². The Kier molecular flexibility index (Phi) is 9.42. The average molecular weight is 564 g/mol. The summed E-state index contributed by atoms with van der Waals surface area (Å²) in [4.78, 5) is 35.9. The van der Waals surface area contributed by atoms with Crippen molar-refractivity contribution in [1.29, 1.82) is 0 Å². The maximum atomic E-state index is 14.0. The van der Waals surface area contributed by atoms with Crippen molar-refractivity contribution in [3.05, 3.63) is 70.4 Å². The zero-order valence-electron chi connectivity index (χ0n) is 25.1. The van der Waals surface area contributed by atoms with Crippen LogP contribution in [-0.2, 0) is 9.53 Å². The molecule has 10 heteroatoms. The number of carbonyl (C=O) groups is 1. The first kappa shape index (κ1) is 29.8. The number of anilines is 1. The van der Waals surface area contributed by atoms with Gasteiger partial charge in [0.2, 0.25) is 0 Å². The van der Waals surface area contributed by atoms with Gasteiger partial charge in [0.1, 0.15) is 17.2 Å². The fourth-order valence-electron chi connectivity index (χ4n) is 5.09. The van der Waals surface area contributed by atoms with E-state index in [-0.39, 0.29) is 23.7 Å². The number of esters is 1. The van der Waals surface area contributed by atoms with Crippen LogP contribution >= 0.6 is 0 Å². The Morgan fingerprint density at radius 3 is 2.39 bits per heavy atom. The Labute approximate surface area is 241 Å². The Hall–Kier alpha value is -4.21. The summed E-state index contributed by atoms with van der Waals surface area (Å²) in [5.74, 6) is 1.65. The molecule has 0 amide bonds.